The van der Waals surface area contributed by atoms with Crippen molar-refractivity contribution < 1.29 is 23.4 Å². The predicted molar refractivity (Wildman–Crippen MR) is 81.3 cm³/mol. The third kappa shape index (κ3) is 5.67. The van der Waals surface area contributed by atoms with Crippen LogP contribution in [0.5, 0.6) is 5.75 Å². The number of urea groups is 1. The van der Waals surface area contributed by atoms with Crippen molar-refractivity contribution in [1.29, 1.82) is 0 Å². The molecular weight excluding hydrogens is 306 g/mol. The van der Waals surface area contributed by atoms with Crippen molar-refractivity contribution in [3.05, 3.63) is 29.8 Å². The normalized spacial score (nSPS) is 16.9. The number of hydrogen-bond acceptors (Lipinski definition) is 3. The molecule has 0 radical (unpaired) electrons. The number of carbonyl (C=O) groups is 1. The van der Waals surface area contributed by atoms with Crippen LogP contribution in [0.1, 0.15) is 37.7 Å². The van der Waals surface area contributed by atoms with Crippen LogP contribution in [-0.4, -0.2) is 29.9 Å². The van der Waals surface area contributed by atoms with Crippen LogP contribution >= 0.6 is 0 Å². The molecular formula is C16H22F2N2O3. The van der Waals surface area contributed by atoms with Gasteiger partial charge in [-0.05, 0) is 18.9 Å². The van der Waals surface area contributed by atoms with E-state index in [-0.39, 0.29) is 18.8 Å². The van der Waals surface area contributed by atoms with Gasteiger partial charge in [-0.15, -0.1) is 0 Å². The number of ether oxygens (including phenoxy) is 1. The Hall–Kier alpha value is -1.89. The third-order valence-electron chi connectivity index (χ3n) is 3.99. The lowest BCUT2D eigenvalue weighted by Crippen LogP contribution is -2.47. The zero-order chi connectivity index (χ0) is 16.7. The van der Waals surface area contributed by atoms with Crippen LogP contribution in [0.15, 0.2) is 24.3 Å². The second-order valence-electron chi connectivity index (χ2n) is 5.81. The topological polar surface area (TPSA) is 70.6 Å². The van der Waals surface area contributed by atoms with Gasteiger partial charge in [0.25, 0.3) is 0 Å². The first-order valence-electron chi connectivity index (χ1n) is 7.75. The van der Waals surface area contributed by atoms with E-state index in [9.17, 15) is 18.7 Å². The van der Waals surface area contributed by atoms with Crippen LogP contribution in [-0.2, 0) is 6.54 Å². The Kier molecular flexibility index (Phi) is 6.15. The highest BCUT2D eigenvalue weighted by molar-refractivity contribution is 5.74. The standard InChI is InChI=1S/C16H22F2N2O3/c17-14(18)23-13-7-3-2-6-12(13)10-19-15(21)20-11-16(22)8-4-1-5-9-16/h2-3,6-7,14,22H,1,4-5,8-11H2,(H2,19,20,21). The zero-order valence-electron chi connectivity index (χ0n) is 12.9. The molecule has 0 aromatic heterocycles. The van der Waals surface area contributed by atoms with Crippen LogP contribution in [0, 0.1) is 0 Å². The summed E-state index contributed by atoms with van der Waals surface area (Å²) in [5.41, 5.74) is -0.383. The van der Waals surface area contributed by atoms with Gasteiger partial charge in [-0.2, -0.15) is 8.78 Å². The summed E-state index contributed by atoms with van der Waals surface area (Å²) < 4.78 is 29.0. The molecule has 0 atom stereocenters. The molecule has 1 saturated carbocycles. The van der Waals surface area contributed by atoms with E-state index in [1.54, 1.807) is 18.2 Å². The van der Waals surface area contributed by atoms with Gasteiger partial charge in [-0.1, -0.05) is 37.5 Å². The number of amides is 2. The van der Waals surface area contributed by atoms with Crippen LogP contribution in [0.4, 0.5) is 13.6 Å². The van der Waals surface area contributed by atoms with Crippen molar-refractivity contribution >= 4 is 6.03 Å². The highest BCUT2D eigenvalue weighted by Crippen LogP contribution is 2.27. The number of para-hydroxylation sites is 1. The van der Waals surface area contributed by atoms with Gasteiger partial charge in [0, 0.05) is 18.7 Å². The Morgan fingerprint density at radius 3 is 2.61 bits per heavy atom. The molecule has 5 nitrogen and oxygen atoms in total. The monoisotopic (exact) mass is 328 g/mol. The summed E-state index contributed by atoms with van der Waals surface area (Å²) in [6.07, 6.45) is 4.38. The lowest BCUT2D eigenvalue weighted by Gasteiger charge is -2.32. The molecule has 2 amide bonds. The second kappa shape index (κ2) is 8.10. The Morgan fingerprint density at radius 1 is 1.22 bits per heavy atom. The second-order valence-corrected chi connectivity index (χ2v) is 5.81. The molecule has 1 aromatic rings. The maximum absolute atomic E-state index is 12.3. The van der Waals surface area contributed by atoms with Crippen LogP contribution in [0.25, 0.3) is 0 Å². The molecule has 23 heavy (non-hydrogen) atoms. The van der Waals surface area contributed by atoms with E-state index >= 15 is 0 Å². The minimum Gasteiger partial charge on any atom is -0.434 e. The fourth-order valence-electron chi connectivity index (χ4n) is 2.73. The summed E-state index contributed by atoms with van der Waals surface area (Å²) in [5.74, 6) is 0.0358. The molecule has 1 aromatic carbocycles. The van der Waals surface area contributed by atoms with Crippen molar-refractivity contribution in [2.45, 2.75) is 50.9 Å². The van der Waals surface area contributed by atoms with Gasteiger partial charge in [-0.25, -0.2) is 4.79 Å². The quantitative estimate of drug-likeness (QED) is 0.752. The van der Waals surface area contributed by atoms with Gasteiger partial charge in [0.2, 0.25) is 0 Å². The van der Waals surface area contributed by atoms with E-state index in [0.29, 0.717) is 18.4 Å². The fourth-order valence-corrected chi connectivity index (χ4v) is 2.73. The van der Waals surface area contributed by atoms with Crippen molar-refractivity contribution in [1.82, 2.24) is 10.6 Å². The Labute approximate surface area is 134 Å². The Morgan fingerprint density at radius 2 is 1.91 bits per heavy atom. The molecule has 0 spiro atoms. The SMILES string of the molecule is O=C(NCc1ccccc1OC(F)F)NCC1(O)CCCCC1. The average molecular weight is 328 g/mol. The first-order chi connectivity index (χ1) is 11.0. The van der Waals surface area contributed by atoms with E-state index in [2.05, 4.69) is 15.4 Å². The number of alkyl halides is 2. The summed E-state index contributed by atoms with van der Waals surface area (Å²) in [4.78, 5) is 11.8. The summed E-state index contributed by atoms with van der Waals surface area (Å²) in [6.45, 7) is -2.66. The minimum absolute atomic E-state index is 0.0358. The molecule has 128 valence electrons. The van der Waals surface area contributed by atoms with Crippen molar-refractivity contribution in [3.63, 3.8) is 0 Å². The van der Waals surface area contributed by atoms with E-state index < -0.39 is 18.2 Å². The molecule has 1 fully saturated rings. The van der Waals surface area contributed by atoms with E-state index in [1.807, 2.05) is 0 Å². The number of halogens is 2. The molecule has 7 heteroatoms. The number of nitrogens with one attached hydrogen (secondary N) is 2. The first-order valence-corrected chi connectivity index (χ1v) is 7.75. The maximum Gasteiger partial charge on any atom is 0.387 e. The zero-order valence-corrected chi connectivity index (χ0v) is 12.9. The van der Waals surface area contributed by atoms with Crippen LogP contribution < -0.4 is 15.4 Å². The van der Waals surface area contributed by atoms with Gasteiger partial charge in [0.15, 0.2) is 0 Å². The lowest BCUT2D eigenvalue weighted by atomic mass is 9.85. The van der Waals surface area contributed by atoms with E-state index in [1.165, 1.54) is 6.07 Å². The smallest absolute Gasteiger partial charge is 0.387 e. The van der Waals surface area contributed by atoms with Crippen molar-refractivity contribution in [2.75, 3.05) is 6.54 Å². The first kappa shape index (κ1) is 17.5. The molecule has 0 bridgehead atoms. The molecule has 2 rings (SSSR count). The van der Waals surface area contributed by atoms with Crippen molar-refractivity contribution in [3.8, 4) is 5.75 Å². The number of carbonyl (C=O) groups excluding carboxylic acids is 1. The molecule has 1 aliphatic rings. The number of aliphatic hydroxyl groups is 1. The lowest BCUT2D eigenvalue weighted by molar-refractivity contribution is -0.0504. The summed E-state index contributed by atoms with van der Waals surface area (Å²) in [6, 6.07) is 5.84. The minimum atomic E-state index is -2.91. The highest BCUT2D eigenvalue weighted by atomic mass is 19.3. The molecule has 1 aliphatic carbocycles. The van der Waals surface area contributed by atoms with Gasteiger partial charge in [0.05, 0.1) is 5.60 Å². The predicted octanol–water partition coefficient (Wildman–Crippen LogP) is 2.78. The largest absolute Gasteiger partial charge is 0.434 e. The van der Waals surface area contributed by atoms with Crippen molar-refractivity contribution in [2.24, 2.45) is 0 Å². The average Bonchev–Trinajstić information content (AvgIpc) is 2.52. The molecule has 3 N–H and O–H groups in total. The van der Waals surface area contributed by atoms with E-state index in [4.69, 9.17) is 0 Å². The highest BCUT2D eigenvalue weighted by Gasteiger charge is 2.29. The summed E-state index contributed by atoms with van der Waals surface area (Å²) >= 11 is 0. The maximum atomic E-state index is 12.3. The van der Waals surface area contributed by atoms with Crippen LogP contribution in [0.2, 0.25) is 0 Å². The summed E-state index contributed by atoms with van der Waals surface area (Å²) in [5, 5.41) is 15.5. The number of rotatable bonds is 6. The summed E-state index contributed by atoms with van der Waals surface area (Å²) in [7, 11) is 0. The van der Waals surface area contributed by atoms with E-state index in [0.717, 1.165) is 19.3 Å². The fraction of sp³-hybridized carbons (Fsp3) is 0.562. The van der Waals surface area contributed by atoms with Gasteiger partial charge < -0.3 is 20.5 Å². The van der Waals surface area contributed by atoms with Gasteiger partial charge in [-0.3, -0.25) is 0 Å². The molecule has 0 heterocycles. The number of hydrogen-bond donors (Lipinski definition) is 3. The van der Waals surface area contributed by atoms with Gasteiger partial charge >= 0.3 is 12.6 Å². The number of benzene rings is 1. The van der Waals surface area contributed by atoms with Crippen LogP contribution in [0.3, 0.4) is 0 Å². The molecule has 0 unspecified atom stereocenters. The molecule has 0 saturated heterocycles. The Bertz CT molecular complexity index is 520. The third-order valence-corrected chi connectivity index (χ3v) is 3.99. The van der Waals surface area contributed by atoms with Gasteiger partial charge in [0.1, 0.15) is 5.75 Å². The molecule has 0 aliphatic heterocycles. The Balaban J connectivity index is 1.80.